The van der Waals surface area contributed by atoms with E-state index in [4.69, 9.17) is 5.73 Å². The Labute approximate surface area is 121 Å². The SMILES string of the molecule is CC(C)CC(C)C(C(=O)O)c1cc(F)cc(Br)c1N. The zero-order valence-electron chi connectivity index (χ0n) is 11.3. The van der Waals surface area contributed by atoms with Crippen LogP contribution in [0.5, 0.6) is 0 Å². The van der Waals surface area contributed by atoms with Crippen LogP contribution in [0.1, 0.15) is 38.7 Å². The molecule has 19 heavy (non-hydrogen) atoms. The van der Waals surface area contributed by atoms with Crippen molar-refractivity contribution < 1.29 is 14.3 Å². The molecular formula is C14H19BrFNO2. The van der Waals surface area contributed by atoms with Crippen molar-refractivity contribution >= 4 is 27.6 Å². The Morgan fingerprint density at radius 1 is 1.42 bits per heavy atom. The lowest BCUT2D eigenvalue weighted by atomic mass is 9.81. The van der Waals surface area contributed by atoms with Crippen LogP contribution >= 0.6 is 15.9 Å². The molecule has 106 valence electrons. The number of rotatable bonds is 5. The van der Waals surface area contributed by atoms with Gasteiger partial charge in [-0.3, -0.25) is 4.79 Å². The van der Waals surface area contributed by atoms with Crippen molar-refractivity contribution in [1.29, 1.82) is 0 Å². The fourth-order valence-corrected chi connectivity index (χ4v) is 2.87. The van der Waals surface area contributed by atoms with E-state index in [1.54, 1.807) is 0 Å². The molecule has 3 nitrogen and oxygen atoms in total. The summed E-state index contributed by atoms with van der Waals surface area (Å²) >= 11 is 3.16. The van der Waals surface area contributed by atoms with Crippen LogP contribution < -0.4 is 5.73 Å². The van der Waals surface area contributed by atoms with E-state index < -0.39 is 17.7 Å². The summed E-state index contributed by atoms with van der Waals surface area (Å²) < 4.78 is 13.9. The molecule has 0 aliphatic rings. The van der Waals surface area contributed by atoms with E-state index in [1.807, 2.05) is 20.8 Å². The molecule has 5 heteroatoms. The molecule has 0 aliphatic heterocycles. The van der Waals surface area contributed by atoms with Gasteiger partial charge in [0.2, 0.25) is 0 Å². The summed E-state index contributed by atoms with van der Waals surface area (Å²) in [6.07, 6.45) is 0.741. The first-order valence-corrected chi connectivity index (χ1v) is 7.00. The standard InChI is InChI=1S/C14H19BrFNO2/c1-7(2)4-8(3)12(14(18)19)10-5-9(16)6-11(15)13(10)17/h5-8,12H,4,17H2,1-3H3,(H,18,19). The van der Waals surface area contributed by atoms with Gasteiger partial charge < -0.3 is 10.8 Å². The molecular weight excluding hydrogens is 313 g/mol. The van der Waals surface area contributed by atoms with Gasteiger partial charge in [0.05, 0.1) is 11.6 Å². The fraction of sp³-hybridized carbons (Fsp3) is 0.500. The van der Waals surface area contributed by atoms with Crippen molar-refractivity contribution in [2.24, 2.45) is 11.8 Å². The molecule has 1 aromatic rings. The molecule has 1 rings (SSSR count). The van der Waals surface area contributed by atoms with Crippen molar-refractivity contribution in [3.8, 4) is 0 Å². The van der Waals surface area contributed by atoms with Gasteiger partial charge in [-0.15, -0.1) is 0 Å². The van der Waals surface area contributed by atoms with E-state index in [2.05, 4.69) is 15.9 Å². The van der Waals surface area contributed by atoms with Crippen molar-refractivity contribution in [2.45, 2.75) is 33.1 Å². The quantitative estimate of drug-likeness (QED) is 0.801. The Bertz CT molecular complexity index is 477. The molecule has 0 radical (unpaired) electrons. The Kier molecular flexibility index (Phi) is 5.35. The van der Waals surface area contributed by atoms with Crippen LogP contribution in [0.2, 0.25) is 0 Å². The number of carboxylic acids is 1. The van der Waals surface area contributed by atoms with Gasteiger partial charge in [-0.2, -0.15) is 0 Å². The van der Waals surface area contributed by atoms with Crippen LogP contribution in [-0.2, 0) is 4.79 Å². The number of anilines is 1. The van der Waals surface area contributed by atoms with E-state index in [0.29, 0.717) is 21.6 Å². The average Bonchev–Trinajstić information content (AvgIpc) is 2.23. The molecule has 0 bridgehead atoms. The highest BCUT2D eigenvalue weighted by Crippen LogP contribution is 2.36. The lowest BCUT2D eigenvalue weighted by Gasteiger charge is -2.24. The maximum atomic E-state index is 13.5. The number of nitrogens with two attached hydrogens (primary N) is 1. The number of carboxylic acid groups (broad SMARTS) is 1. The number of halogens is 2. The second-order valence-electron chi connectivity index (χ2n) is 5.31. The predicted octanol–water partition coefficient (Wildman–Crippen LogP) is 4.02. The highest BCUT2D eigenvalue weighted by atomic mass is 79.9. The first-order valence-electron chi connectivity index (χ1n) is 6.21. The second-order valence-corrected chi connectivity index (χ2v) is 6.17. The Balaban J connectivity index is 3.23. The van der Waals surface area contributed by atoms with E-state index in [9.17, 15) is 14.3 Å². The normalized spacial score (nSPS) is 14.4. The van der Waals surface area contributed by atoms with Gasteiger partial charge in [-0.05, 0) is 51.9 Å². The zero-order chi connectivity index (χ0) is 14.7. The van der Waals surface area contributed by atoms with Gasteiger partial charge in [0.1, 0.15) is 5.82 Å². The van der Waals surface area contributed by atoms with E-state index >= 15 is 0 Å². The number of hydrogen-bond acceptors (Lipinski definition) is 2. The third kappa shape index (κ3) is 3.93. The minimum Gasteiger partial charge on any atom is -0.481 e. The van der Waals surface area contributed by atoms with E-state index in [-0.39, 0.29) is 5.92 Å². The molecule has 0 amide bonds. The minimum atomic E-state index is -0.975. The minimum absolute atomic E-state index is 0.117. The molecule has 1 aromatic carbocycles. The fourth-order valence-electron chi connectivity index (χ4n) is 2.42. The Morgan fingerprint density at radius 2 is 2.00 bits per heavy atom. The summed E-state index contributed by atoms with van der Waals surface area (Å²) in [5.74, 6) is -2.01. The summed E-state index contributed by atoms with van der Waals surface area (Å²) in [7, 11) is 0. The Morgan fingerprint density at radius 3 is 2.47 bits per heavy atom. The van der Waals surface area contributed by atoms with Crippen LogP contribution in [0, 0.1) is 17.7 Å². The van der Waals surface area contributed by atoms with Crippen LogP contribution in [0.25, 0.3) is 0 Å². The first kappa shape index (κ1) is 16.0. The topological polar surface area (TPSA) is 63.3 Å². The number of carbonyl (C=O) groups is 1. The van der Waals surface area contributed by atoms with Crippen molar-refractivity contribution in [2.75, 3.05) is 5.73 Å². The molecule has 2 unspecified atom stereocenters. The smallest absolute Gasteiger partial charge is 0.311 e. The lowest BCUT2D eigenvalue weighted by molar-refractivity contribution is -0.140. The van der Waals surface area contributed by atoms with Crippen LogP contribution in [0.15, 0.2) is 16.6 Å². The zero-order valence-corrected chi connectivity index (χ0v) is 12.9. The van der Waals surface area contributed by atoms with Crippen LogP contribution in [0.3, 0.4) is 0 Å². The molecule has 2 atom stereocenters. The molecule has 0 aromatic heterocycles. The molecule has 0 saturated carbocycles. The van der Waals surface area contributed by atoms with E-state index in [0.717, 1.165) is 6.42 Å². The molecule has 0 heterocycles. The van der Waals surface area contributed by atoms with Crippen LogP contribution in [-0.4, -0.2) is 11.1 Å². The third-order valence-electron chi connectivity index (χ3n) is 3.14. The van der Waals surface area contributed by atoms with Crippen molar-refractivity contribution in [1.82, 2.24) is 0 Å². The summed E-state index contributed by atoms with van der Waals surface area (Å²) in [6, 6.07) is 2.46. The van der Waals surface area contributed by atoms with Gasteiger partial charge in [-0.1, -0.05) is 20.8 Å². The number of benzene rings is 1. The van der Waals surface area contributed by atoms with Crippen molar-refractivity contribution in [3.05, 3.63) is 28.0 Å². The Hall–Kier alpha value is -1.10. The third-order valence-corrected chi connectivity index (χ3v) is 3.80. The predicted molar refractivity (Wildman–Crippen MR) is 77.5 cm³/mol. The largest absolute Gasteiger partial charge is 0.481 e. The maximum Gasteiger partial charge on any atom is 0.311 e. The van der Waals surface area contributed by atoms with Gasteiger partial charge in [-0.25, -0.2) is 4.39 Å². The molecule has 0 aliphatic carbocycles. The monoisotopic (exact) mass is 331 g/mol. The number of nitrogen functional groups attached to an aromatic ring is 1. The second kappa shape index (κ2) is 6.37. The summed E-state index contributed by atoms with van der Waals surface area (Å²) in [5, 5.41) is 9.42. The lowest BCUT2D eigenvalue weighted by Crippen LogP contribution is -2.22. The summed E-state index contributed by atoms with van der Waals surface area (Å²) in [4.78, 5) is 11.5. The van der Waals surface area contributed by atoms with Gasteiger partial charge in [0.25, 0.3) is 0 Å². The molecule has 0 fully saturated rings. The van der Waals surface area contributed by atoms with Crippen molar-refractivity contribution in [3.63, 3.8) is 0 Å². The average molecular weight is 332 g/mol. The summed E-state index contributed by atoms with van der Waals surface area (Å²) in [6.45, 7) is 5.91. The molecule has 0 spiro atoms. The first-order chi connectivity index (χ1) is 8.73. The molecule has 0 saturated heterocycles. The summed E-state index contributed by atoms with van der Waals surface area (Å²) in [5.41, 5.74) is 6.52. The molecule has 3 N–H and O–H groups in total. The highest BCUT2D eigenvalue weighted by molar-refractivity contribution is 9.10. The number of hydrogen-bond donors (Lipinski definition) is 2. The highest BCUT2D eigenvalue weighted by Gasteiger charge is 2.29. The number of aliphatic carboxylic acids is 1. The van der Waals surface area contributed by atoms with Gasteiger partial charge >= 0.3 is 5.97 Å². The van der Waals surface area contributed by atoms with E-state index in [1.165, 1.54) is 12.1 Å². The van der Waals surface area contributed by atoms with Crippen LogP contribution in [0.4, 0.5) is 10.1 Å². The maximum absolute atomic E-state index is 13.5. The van der Waals surface area contributed by atoms with Gasteiger partial charge in [0.15, 0.2) is 0 Å². The van der Waals surface area contributed by atoms with Gasteiger partial charge in [0, 0.05) is 4.47 Å².